The number of nitrogens with zero attached hydrogens (tertiary/aromatic N) is 2. The fraction of sp³-hybridized carbons (Fsp3) is 0.400. The zero-order valence-corrected chi connectivity index (χ0v) is 17.2. The zero-order chi connectivity index (χ0) is 20.5. The molecule has 1 aliphatic carbocycles. The van der Waals surface area contributed by atoms with E-state index in [1.54, 1.807) is 10.7 Å². The SMILES string of the molecule is O=C1NCCn2ncc(NC(=O)C3CCCCC3C(=O)c3ccc(Br)cc3F)c21. The van der Waals surface area contributed by atoms with E-state index in [9.17, 15) is 18.8 Å². The number of ketones is 1. The second kappa shape index (κ2) is 8.06. The molecule has 0 spiro atoms. The van der Waals surface area contributed by atoms with Crippen molar-refractivity contribution in [3.63, 3.8) is 0 Å². The first kappa shape index (κ1) is 19.8. The average molecular weight is 463 g/mol. The van der Waals surface area contributed by atoms with Gasteiger partial charge in [0.2, 0.25) is 5.91 Å². The maximum Gasteiger partial charge on any atom is 0.271 e. The summed E-state index contributed by atoms with van der Waals surface area (Å²) in [4.78, 5) is 38.2. The van der Waals surface area contributed by atoms with E-state index >= 15 is 0 Å². The number of benzene rings is 1. The Balaban J connectivity index is 1.56. The van der Waals surface area contributed by atoms with Gasteiger partial charge in [0.1, 0.15) is 11.5 Å². The van der Waals surface area contributed by atoms with Crippen LogP contribution in [0, 0.1) is 17.7 Å². The lowest BCUT2D eigenvalue weighted by atomic mass is 9.75. The molecule has 152 valence electrons. The highest BCUT2D eigenvalue weighted by Crippen LogP contribution is 2.34. The van der Waals surface area contributed by atoms with E-state index in [-0.39, 0.29) is 23.2 Å². The third-order valence-electron chi connectivity index (χ3n) is 5.56. The first-order valence-electron chi connectivity index (χ1n) is 9.60. The third kappa shape index (κ3) is 3.83. The van der Waals surface area contributed by atoms with Crippen LogP contribution in [0.4, 0.5) is 10.1 Å². The van der Waals surface area contributed by atoms with Gasteiger partial charge in [-0.15, -0.1) is 0 Å². The zero-order valence-electron chi connectivity index (χ0n) is 15.6. The molecule has 0 radical (unpaired) electrons. The number of nitrogens with one attached hydrogen (secondary N) is 2. The predicted molar refractivity (Wildman–Crippen MR) is 107 cm³/mol. The van der Waals surface area contributed by atoms with Gasteiger partial charge in [-0.1, -0.05) is 28.8 Å². The number of halogens is 2. The molecule has 4 rings (SSSR count). The maximum absolute atomic E-state index is 14.3. The average Bonchev–Trinajstić information content (AvgIpc) is 3.11. The van der Waals surface area contributed by atoms with Crippen LogP contribution in [0.2, 0.25) is 0 Å². The van der Waals surface area contributed by atoms with Gasteiger partial charge in [0, 0.05) is 22.9 Å². The van der Waals surface area contributed by atoms with E-state index < -0.39 is 17.7 Å². The molecule has 2 unspecified atom stereocenters. The minimum absolute atomic E-state index is 0.000176. The number of carbonyl (C=O) groups excluding carboxylic acids is 3. The summed E-state index contributed by atoms with van der Waals surface area (Å²) in [7, 11) is 0. The number of rotatable bonds is 4. The van der Waals surface area contributed by atoms with Crippen LogP contribution in [0.3, 0.4) is 0 Å². The van der Waals surface area contributed by atoms with Crippen LogP contribution in [0.25, 0.3) is 0 Å². The number of Topliss-reactive ketones (excluding diaryl/α,β-unsaturated/α-hetero) is 1. The Morgan fingerprint density at radius 1 is 1.24 bits per heavy atom. The smallest absolute Gasteiger partial charge is 0.271 e. The Morgan fingerprint density at radius 3 is 2.76 bits per heavy atom. The number of carbonyl (C=O) groups is 3. The quantitative estimate of drug-likeness (QED) is 0.682. The van der Waals surface area contributed by atoms with Gasteiger partial charge in [-0.05, 0) is 31.0 Å². The van der Waals surface area contributed by atoms with Crippen LogP contribution >= 0.6 is 15.9 Å². The largest absolute Gasteiger partial charge is 0.349 e. The highest BCUT2D eigenvalue weighted by Gasteiger charge is 2.37. The molecular formula is C20H20BrFN4O3. The molecule has 1 saturated carbocycles. The van der Waals surface area contributed by atoms with Gasteiger partial charge >= 0.3 is 0 Å². The monoisotopic (exact) mass is 462 g/mol. The molecule has 0 saturated heterocycles. The number of amides is 2. The summed E-state index contributed by atoms with van der Waals surface area (Å²) in [5.41, 5.74) is 0.640. The highest BCUT2D eigenvalue weighted by molar-refractivity contribution is 9.10. The summed E-state index contributed by atoms with van der Waals surface area (Å²) in [6, 6.07) is 4.32. The van der Waals surface area contributed by atoms with Crippen molar-refractivity contribution in [2.24, 2.45) is 11.8 Å². The molecule has 2 atom stereocenters. The highest BCUT2D eigenvalue weighted by atomic mass is 79.9. The maximum atomic E-state index is 14.3. The first-order valence-corrected chi connectivity index (χ1v) is 10.4. The van der Waals surface area contributed by atoms with Gasteiger partial charge in [0.15, 0.2) is 5.78 Å². The van der Waals surface area contributed by atoms with E-state index in [2.05, 4.69) is 31.7 Å². The molecule has 2 heterocycles. The van der Waals surface area contributed by atoms with E-state index in [1.807, 2.05) is 0 Å². The Bertz CT molecular complexity index is 990. The normalized spacial score (nSPS) is 21.2. The Kier molecular flexibility index (Phi) is 5.49. The van der Waals surface area contributed by atoms with Crippen LogP contribution in [0.5, 0.6) is 0 Å². The molecule has 1 aromatic carbocycles. The lowest BCUT2D eigenvalue weighted by Crippen LogP contribution is -2.38. The molecule has 2 aliphatic rings. The van der Waals surface area contributed by atoms with Gasteiger partial charge in [0.05, 0.1) is 24.0 Å². The third-order valence-corrected chi connectivity index (χ3v) is 6.05. The lowest BCUT2D eigenvalue weighted by Gasteiger charge is -2.29. The van der Waals surface area contributed by atoms with Gasteiger partial charge in [-0.3, -0.25) is 19.1 Å². The van der Waals surface area contributed by atoms with Gasteiger partial charge in [-0.2, -0.15) is 5.10 Å². The predicted octanol–water partition coefficient (Wildman–Crippen LogP) is 3.16. The summed E-state index contributed by atoms with van der Waals surface area (Å²) < 4.78 is 16.4. The van der Waals surface area contributed by atoms with Crippen LogP contribution in [-0.4, -0.2) is 33.9 Å². The number of hydrogen-bond acceptors (Lipinski definition) is 4. The van der Waals surface area contributed by atoms with Crippen molar-refractivity contribution in [2.45, 2.75) is 32.2 Å². The minimum atomic E-state index is -0.600. The van der Waals surface area contributed by atoms with E-state index in [0.29, 0.717) is 41.8 Å². The Morgan fingerprint density at radius 2 is 2.00 bits per heavy atom. The van der Waals surface area contributed by atoms with E-state index in [0.717, 1.165) is 12.8 Å². The van der Waals surface area contributed by atoms with Crippen molar-refractivity contribution in [3.05, 3.63) is 45.9 Å². The molecule has 2 N–H and O–H groups in total. The topological polar surface area (TPSA) is 93.1 Å². The van der Waals surface area contributed by atoms with E-state index in [1.165, 1.54) is 18.3 Å². The summed E-state index contributed by atoms with van der Waals surface area (Å²) in [6.45, 7) is 1.02. The van der Waals surface area contributed by atoms with Crippen molar-refractivity contribution in [1.29, 1.82) is 0 Å². The molecule has 1 aromatic heterocycles. The number of fused-ring (bicyclic) bond motifs is 1. The van der Waals surface area contributed by atoms with Crippen molar-refractivity contribution < 1.29 is 18.8 Å². The van der Waals surface area contributed by atoms with Gasteiger partial charge in [-0.25, -0.2) is 4.39 Å². The van der Waals surface area contributed by atoms with Crippen LogP contribution in [0.15, 0.2) is 28.9 Å². The molecule has 0 bridgehead atoms. The summed E-state index contributed by atoms with van der Waals surface area (Å²) in [6.07, 6.45) is 4.14. The number of anilines is 1. The fourth-order valence-corrected chi connectivity index (χ4v) is 4.45. The molecule has 2 aromatic rings. The standard InChI is InChI=1S/C20H20BrFN4O3/c21-11-5-6-14(15(22)9-11)18(27)12-3-1-2-4-13(12)19(28)25-16-10-24-26-8-7-23-20(29)17(16)26/h5-6,9-10,12-13H,1-4,7-8H2,(H,23,29)(H,25,28). The number of aromatic nitrogens is 2. The van der Waals surface area contributed by atoms with Crippen molar-refractivity contribution in [1.82, 2.24) is 15.1 Å². The molecule has 7 nitrogen and oxygen atoms in total. The van der Waals surface area contributed by atoms with Crippen molar-refractivity contribution in [2.75, 3.05) is 11.9 Å². The second-order valence-electron chi connectivity index (χ2n) is 7.36. The minimum Gasteiger partial charge on any atom is -0.349 e. The lowest BCUT2D eigenvalue weighted by molar-refractivity contribution is -0.122. The van der Waals surface area contributed by atoms with Gasteiger partial charge < -0.3 is 10.6 Å². The van der Waals surface area contributed by atoms with Crippen molar-refractivity contribution >= 4 is 39.2 Å². The van der Waals surface area contributed by atoms with Crippen LogP contribution in [-0.2, 0) is 11.3 Å². The summed E-state index contributed by atoms with van der Waals surface area (Å²) in [5.74, 6) is -2.77. The van der Waals surface area contributed by atoms with Gasteiger partial charge in [0.25, 0.3) is 5.91 Å². The number of hydrogen-bond donors (Lipinski definition) is 2. The molecular weight excluding hydrogens is 443 g/mol. The second-order valence-corrected chi connectivity index (χ2v) is 8.28. The summed E-state index contributed by atoms with van der Waals surface area (Å²) >= 11 is 3.19. The van der Waals surface area contributed by atoms with Crippen LogP contribution in [0.1, 0.15) is 46.5 Å². The fourth-order valence-electron chi connectivity index (χ4n) is 4.12. The van der Waals surface area contributed by atoms with E-state index in [4.69, 9.17) is 0 Å². The molecule has 9 heteroatoms. The van der Waals surface area contributed by atoms with Crippen molar-refractivity contribution in [3.8, 4) is 0 Å². The van der Waals surface area contributed by atoms with Crippen LogP contribution < -0.4 is 10.6 Å². The molecule has 1 fully saturated rings. The first-order chi connectivity index (χ1) is 14.0. The molecule has 29 heavy (non-hydrogen) atoms. The Labute approximate surface area is 175 Å². The summed E-state index contributed by atoms with van der Waals surface area (Å²) in [5, 5.41) is 9.65. The Hall–Kier alpha value is -2.55. The molecule has 1 aliphatic heterocycles. The molecule has 2 amide bonds.